The average Bonchev–Trinajstić information content (AvgIpc) is 1.68. The second kappa shape index (κ2) is 4.65. The molecule has 0 unspecified atom stereocenters. The van der Waals surface area contributed by atoms with Crippen molar-refractivity contribution in [2.45, 2.75) is 0 Å². The van der Waals surface area contributed by atoms with Crippen LogP contribution in [-0.2, 0) is 4.79 Å². The fourth-order valence-electron chi connectivity index (χ4n) is 0.136. The molecule has 0 radical (unpaired) electrons. The Bertz CT molecular complexity index is 159. The van der Waals surface area contributed by atoms with Gasteiger partial charge in [-0.25, -0.2) is 0 Å². The maximum Gasteiger partial charge on any atom is 0.279 e. The Balaban J connectivity index is 3.84. The van der Waals surface area contributed by atoms with E-state index in [2.05, 4.69) is 17.2 Å². The smallest absolute Gasteiger partial charge is 0.267 e. The van der Waals surface area contributed by atoms with Gasteiger partial charge in [0.25, 0.3) is 5.91 Å². The van der Waals surface area contributed by atoms with E-state index in [1.165, 1.54) is 0 Å². The minimum Gasteiger partial charge on any atom is -0.267 e. The van der Waals surface area contributed by atoms with Gasteiger partial charge in [0.05, 0.1) is 5.16 Å². The van der Waals surface area contributed by atoms with E-state index < -0.39 is 5.91 Å². The Morgan fingerprint density at radius 1 is 1.88 bits per heavy atom. The minimum absolute atomic E-state index is 0.491. The lowest BCUT2D eigenvalue weighted by Crippen LogP contribution is -1.81. The summed E-state index contributed by atoms with van der Waals surface area (Å²) in [7, 11) is 0. The molecule has 4 heteroatoms. The van der Waals surface area contributed by atoms with Crippen LogP contribution in [0.15, 0.2) is 16.6 Å². The molecule has 0 aliphatic heterocycles. The molecule has 2 nitrogen and oxygen atoms in total. The third-order valence-corrected chi connectivity index (χ3v) is 0.579. The zero-order valence-corrected chi connectivity index (χ0v) is 5.37. The van der Waals surface area contributed by atoms with Crippen molar-refractivity contribution < 1.29 is 4.79 Å². The standard InChI is InChI=1S/C4H2ClNOS/c5-2-1-4(7)6-3-8/h1-2H. The van der Waals surface area contributed by atoms with Crippen molar-refractivity contribution >= 4 is 34.9 Å². The van der Waals surface area contributed by atoms with Crippen molar-refractivity contribution in [2.24, 2.45) is 4.99 Å². The Hall–Kier alpha value is -0.500. The summed E-state index contributed by atoms with van der Waals surface area (Å²) in [6.07, 6.45) is 1.08. The van der Waals surface area contributed by atoms with Gasteiger partial charge in [0.2, 0.25) is 0 Å². The van der Waals surface area contributed by atoms with Gasteiger partial charge < -0.3 is 0 Å². The second-order valence-corrected chi connectivity index (χ2v) is 1.27. The fourth-order valence-corrected chi connectivity index (χ4v) is 0.334. The van der Waals surface area contributed by atoms with E-state index in [-0.39, 0.29) is 0 Å². The van der Waals surface area contributed by atoms with Crippen LogP contribution in [0.25, 0.3) is 0 Å². The van der Waals surface area contributed by atoms with Crippen LogP contribution in [0.4, 0.5) is 0 Å². The number of rotatable bonds is 1. The summed E-state index contributed by atoms with van der Waals surface area (Å²) in [4.78, 5) is 13.2. The SMILES string of the molecule is O=C(C=CCl)N=C=S. The monoisotopic (exact) mass is 147 g/mol. The Morgan fingerprint density at radius 2 is 2.50 bits per heavy atom. The van der Waals surface area contributed by atoms with Crippen LogP contribution >= 0.6 is 23.8 Å². The number of hydrogen-bond acceptors (Lipinski definition) is 2. The predicted octanol–water partition coefficient (Wildman–Crippen LogP) is 1.37. The molecule has 0 N–H and O–H groups in total. The summed E-state index contributed by atoms with van der Waals surface area (Å²) < 4.78 is 0. The summed E-state index contributed by atoms with van der Waals surface area (Å²) >= 11 is 9.14. The molecule has 0 aromatic heterocycles. The molecule has 0 bridgehead atoms. The number of amides is 1. The number of thiocarbonyl (C=S) groups is 1. The maximum atomic E-state index is 10.2. The van der Waals surface area contributed by atoms with E-state index in [0.717, 1.165) is 11.6 Å². The topological polar surface area (TPSA) is 29.4 Å². The Kier molecular flexibility index (Phi) is 4.36. The number of isothiocyanates is 1. The molecule has 0 aliphatic rings. The predicted molar refractivity (Wildman–Crippen MR) is 35.0 cm³/mol. The first-order valence-electron chi connectivity index (χ1n) is 1.70. The first kappa shape index (κ1) is 7.50. The molecule has 0 atom stereocenters. The van der Waals surface area contributed by atoms with Crippen LogP contribution in [0.1, 0.15) is 0 Å². The molecule has 0 aromatic rings. The van der Waals surface area contributed by atoms with Gasteiger partial charge in [0.1, 0.15) is 0 Å². The van der Waals surface area contributed by atoms with E-state index in [4.69, 9.17) is 11.6 Å². The maximum absolute atomic E-state index is 10.2. The number of carbonyl (C=O) groups is 1. The lowest BCUT2D eigenvalue weighted by molar-refractivity contribution is -0.113. The summed E-state index contributed by atoms with van der Waals surface area (Å²) in [5.41, 5.74) is 1.07. The molecule has 0 heterocycles. The van der Waals surface area contributed by atoms with E-state index in [1.807, 2.05) is 5.16 Å². The summed E-state index contributed by atoms with van der Waals surface area (Å²) in [6, 6.07) is 0. The summed E-state index contributed by atoms with van der Waals surface area (Å²) in [5.74, 6) is -0.491. The molecule has 0 spiro atoms. The normalized spacial score (nSPS) is 8.62. The van der Waals surface area contributed by atoms with E-state index in [1.54, 1.807) is 0 Å². The van der Waals surface area contributed by atoms with E-state index in [0.29, 0.717) is 0 Å². The van der Waals surface area contributed by atoms with E-state index >= 15 is 0 Å². The van der Waals surface area contributed by atoms with Crippen molar-refractivity contribution in [1.82, 2.24) is 0 Å². The largest absolute Gasteiger partial charge is 0.279 e. The highest BCUT2D eigenvalue weighted by Gasteiger charge is 1.83. The molecule has 0 saturated heterocycles. The molecular formula is C4H2ClNOS. The van der Waals surface area contributed by atoms with Gasteiger partial charge in [-0.05, 0) is 12.2 Å². The molecule has 0 aromatic carbocycles. The summed E-state index contributed by atoms with van der Waals surface area (Å²) in [5, 5.41) is 1.90. The molecule has 0 fully saturated rings. The van der Waals surface area contributed by atoms with Gasteiger partial charge in [0, 0.05) is 11.6 Å². The van der Waals surface area contributed by atoms with Crippen LogP contribution in [-0.4, -0.2) is 11.1 Å². The van der Waals surface area contributed by atoms with Crippen molar-refractivity contribution in [3.05, 3.63) is 11.6 Å². The van der Waals surface area contributed by atoms with Gasteiger partial charge in [-0.2, -0.15) is 4.99 Å². The van der Waals surface area contributed by atoms with Crippen molar-refractivity contribution in [1.29, 1.82) is 0 Å². The third kappa shape index (κ3) is 3.68. The van der Waals surface area contributed by atoms with Crippen LogP contribution < -0.4 is 0 Å². The lowest BCUT2D eigenvalue weighted by Gasteiger charge is -1.70. The second-order valence-electron chi connectivity index (χ2n) is 0.834. The van der Waals surface area contributed by atoms with Gasteiger partial charge in [0.15, 0.2) is 0 Å². The first-order valence-corrected chi connectivity index (χ1v) is 2.54. The van der Waals surface area contributed by atoms with Crippen LogP contribution in [0.2, 0.25) is 0 Å². The number of halogens is 1. The number of carbonyl (C=O) groups excluding carboxylic acids is 1. The molecular weight excluding hydrogens is 146 g/mol. The van der Waals surface area contributed by atoms with Crippen LogP contribution in [0, 0.1) is 0 Å². The van der Waals surface area contributed by atoms with Crippen molar-refractivity contribution in [3.8, 4) is 0 Å². The van der Waals surface area contributed by atoms with Crippen molar-refractivity contribution in [3.63, 3.8) is 0 Å². The average molecular weight is 148 g/mol. The molecule has 0 saturated carbocycles. The highest BCUT2D eigenvalue weighted by atomic mass is 35.5. The molecule has 8 heavy (non-hydrogen) atoms. The zero-order valence-electron chi connectivity index (χ0n) is 3.80. The van der Waals surface area contributed by atoms with Gasteiger partial charge in [-0.1, -0.05) is 11.6 Å². The molecule has 42 valence electrons. The van der Waals surface area contributed by atoms with Crippen molar-refractivity contribution in [2.75, 3.05) is 0 Å². The highest BCUT2D eigenvalue weighted by Crippen LogP contribution is 1.80. The quantitative estimate of drug-likeness (QED) is 0.319. The van der Waals surface area contributed by atoms with Crippen LogP contribution in [0.5, 0.6) is 0 Å². The molecule has 0 rings (SSSR count). The number of nitrogens with zero attached hydrogens (tertiary/aromatic N) is 1. The van der Waals surface area contributed by atoms with Gasteiger partial charge in [-0.3, -0.25) is 4.79 Å². The first-order chi connectivity index (χ1) is 3.81. The Morgan fingerprint density at radius 3 is 2.88 bits per heavy atom. The molecule has 1 amide bonds. The molecule has 0 aliphatic carbocycles. The minimum atomic E-state index is -0.491. The van der Waals surface area contributed by atoms with E-state index in [9.17, 15) is 4.79 Å². The van der Waals surface area contributed by atoms with Gasteiger partial charge in [-0.15, -0.1) is 0 Å². The Labute approximate surface area is 56.9 Å². The lowest BCUT2D eigenvalue weighted by atomic mass is 10.6. The summed E-state index contributed by atoms with van der Waals surface area (Å²) in [6.45, 7) is 0. The zero-order chi connectivity index (χ0) is 6.41. The highest BCUT2D eigenvalue weighted by molar-refractivity contribution is 7.78. The third-order valence-electron chi connectivity index (χ3n) is 0.361. The van der Waals surface area contributed by atoms with Crippen LogP contribution in [0.3, 0.4) is 0 Å². The number of aliphatic imine (C=N–C) groups is 1. The number of hydrogen-bond donors (Lipinski definition) is 0. The van der Waals surface area contributed by atoms with Gasteiger partial charge >= 0.3 is 0 Å². The fraction of sp³-hybridized carbons (Fsp3) is 0.